The number of nitrogens with zero attached hydrogens (tertiary/aromatic N) is 2. The highest BCUT2D eigenvalue weighted by Gasteiger charge is 2.35. The van der Waals surface area contributed by atoms with Gasteiger partial charge in [0.1, 0.15) is 11.4 Å². The molecule has 2 heterocycles. The minimum Gasteiger partial charge on any atom is -0.484 e. The normalized spacial score (nSPS) is 18.8. The Balaban J connectivity index is 1.70. The molecule has 0 unspecified atom stereocenters. The molecule has 6 nitrogen and oxygen atoms in total. The first-order valence-electron chi connectivity index (χ1n) is 9.35. The van der Waals surface area contributed by atoms with Crippen LogP contribution in [-0.2, 0) is 27.8 Å². The quantitative estimate of drug-likeness (QED) is 0.777. The van der Waals surface area contributed by atoms with Gasteiger partial charge in [0.2, 0.25) is 15.9 Å². The fraction of sp³-hybridized carbons (Fsp3) is 0.381. The zero-order valence-electron chi connectivity index (χ0n) is 16.3. The van der Waals surface area contributed by atoms with Crippen LogP contribution in [0.25, 0.3) is 0 Å². The van der Waals surface area contributed by atoms with Crippen LogP contribution in [-0.4, -0.2) is 37.3 Å². The second kappa shape index (κ2) is 6.60. The van der Waals surface area contributed by atoms with E-state index < -0.39 is 15.6 Å². The number of sulfonamides is 1. The van der Waals surface area contributed by atoms with Gasteiger partial charge in [-0.15, -0.1) is 0 Å². The van der Waals surface area contributed by atoms with Crippen molar-refractivity contribution in [3.63, 3.8) is 0 Å². The van der Waals surface area contributed by atoms with Crippen molar-refractivity contribution in [3.8, 4) is 5.75 Å². The van der Waals surface area contributed by atoms with Gasteiger partial charge in [0.05, 0.1) is 17.1 Å². The third-order valence-electron chi connectivity index (χ3n) is 5.26. The van der Waals surface area contributed by atoms with Crippen LogP contribution < -0.4 is 9.64 Å². The number of hydrogen-bond acceptors (Lipinski definition) is 4. The summed E-state index contributed by atoms with van der Waals surface area (Å²) in [5.41, 5.74) is 2.20. The van der Waals surface area contributed by atoms with E-state index in [0.29, 0.717) is 37.5 Å². The van der Waals surface area contributed by atoms with E-state index in [1.807, 2.05) is 38.1 Å². The average molecular weight is 401 g/mol. The van der Waals surface area contributed by atoms with E-state index in [0.717, 1.165) is 5.56 Å². The Hall–Kier alpha value is -2.38. The topological polar surface area (TPSA) is 66.9 Å². The molecule has 7 heteroatoms. The highest BCUT2D eigenvalue weighted by atomic mass is 32.2. The zero-order chi connectivity index (χ0) is 20.1. The lowest BCUT2D eigenvalue weighted by Crippen LogP contribution is -2.48. The number of carbonyl (C=O) groups is 1. The number of rotatable bonds is 2. The standard InChI is InChI=1S/C21H24N2O4S/c1-15(24)23-14-21(2,3)27-20-9-8-18(12-19(20)23)28(25,26)22-11-10-16-6-4-5-7-17(16)13-22/h4-9,12H,10-11,13-14H2,1-3H3. The number of benzene rings is 2. The largest absolute Gasteiger partial charge is 0.484 e. The Bertz CT molecular complexity index is 1050. The Morgan fingerprint density at radius 1 is 1.11 bits per heavy atom. The maximum Gasteiger partial charge on any atom is 0.243 e. The van der Waals surface area contributed by atoms with Crippen LogP contribution in [0.1, 0.15) is 31.9 Å². The summed E-state index contributed by atoms with van der Waals surface area (Å²) < 4.78 is 34.0. The van der Waals surface area contributed by atoms with Crippen molar-refractivity contribution in [2.24, 2.45) is 0 Å². The van der Waals surface area contributed by atoms with Gasteiger partial charge in [-0.05, 0) is 49.6 Å². The number of amides is 1. The Morgan fingerprint density at radius 3 is 2.54 bits per heavy atom. The zero-order valence-corrected chi connectivity index (χ0v) is 17.1. The van der Waals surface area contributed by atoms with Crippen LogP contribution in [0.5, 0.6) is 5.75 Å². The van der Waals surface area contributed by atoms with Gasteiger partial charge in [-0.1, -0.05) is 24.3 Å². The number of anilines is 1. The van der Waals surface area contributed by atoms with Crippen molar-refractivity contribution in [2.75, 3.05) is 18.0 Å². The van der Waals surface area contributed by atoms with Crippen molar-refractivity contribution < 1.29 is 17.9 Å². The third-order valence-corrected chi connectivity index (χ3v) is 7.10. The summed E-state index contributed by atoms with van der Waals surface area (Å²) in [5, 5.41) is 0. The molecule has 2 aliphatic rings. The molecule has 2 aromatic rings. The van der Waals surface area contributed by atoms with Crippen LogP contribution in [0.4, 0.5) is 5.69 Å². The van der Waals surface area contributed by atoms with Crippen molar-refractivity contribution >= 4 is 21.6 Å². The van der Waals surface area contributed by atoms with E-state index in [-0.39, 0.29) is 10.8 Å². The summed E-state index contributed by atoms with van der Waals surface area (Å²) in [6, 6.07) is 12.7. The van der Waals surface area contributed by atoms with Crippen LogP contribution in [0.3, 0.4) is 0 Å². The summed E-state index contributed by atoms with van der Waals surface area (Å²) in [5.74, 6) is 0.383. The van der Waals surface area contributed by atoms with Gasteiger partial charge < -0.3 is 9.64 Å². The van der Waals surface area contributed by atoms with Crippen LogP contribution in [0.15, 0.2) is 47.4 Å². The minimum absolute atomic E-state index is 0.140. The molecule has 0 fully saturated rings. The third kappa shape index (κ3) is 3.29. The predicted molar refractivity (Wildman–Crippen MR) is 107 cm³/mol. The average Bonchev–Trinajstić information content (AvgIpc) is 2.65. The van der Waals surface area contributed by atoms with Crippen LogP contribution in [0.2, 0.25) is 0 Å². The summed E-state index contributed by atoms with van der Waals surface area (Å²) in [6.07, 6.45) is 0.692. The molecule has 28 heavy (non-hydrogen) atoms. The molecule has 0 N–H and O–H groups in total. The van der Waals surface area contributed by atoms with Crippen molar-refractivity contribution in [2.45, 2.75) is 44.2 Å². The first-order chi connectivity index (χ1) is 13.2. The van der Waals surface area contributed by atoms with E-state index in [4.69, 9.17) is 4.74 Å². The van der Waals surface area contributed by atoms with Crippen molar-refractivity contribution in [1.82, 2.24) is 4.31 Å². The molecule has 0 radical (unpaired) electrons. The Morgan fingerprint density at radius 2 is 1.82 bits per heavy atom. The first-order valence-corrected chi connectivity index (χ1v) is 10.8. The lowest BCUT2D eigenvalue weighted by molar-refractivity contribution is -0.117. The van der Waals surface area contributed by atoms with Gasteiger partial charge >= 0.3 is 0 Å². The molecule has 0 saturated carbocycles. The van der Waals surface area contributed by atoms with Gasteiger partial charge in [-0.2, -0.15) is 4.31 Å². The Kier molecular flexibility index (Phi) is 4.47. The van der Waals surface area contributed by atoms with E-state index in [9.17, 15) is 13.2 Å². The number of hydrogen-bond donors (Lipinski definition) is 0. The minimum atomic E-state index is -3.68. The molecular formula is C21H24N2O4S. The van der Waals surface area contributed by atoms with Gasteiger partial charge in [-0.3, -0.25) is 4.79 Å². The van der Waals surface area contributed by atoms with Crippen molar-refractivity contribution in [3.05, 3.63) is 53.6 Å². The van der Waals surface area contributed by atoms with Gasteiger partial charge in [-0.25, -0.2) is 8.42 Å². The SMILES string of the molecule is CC(=O)N1CC(C)(C)Oc2ccc(S(=O)(=O)N3CCc4ccccc4C3)cc21. The lowest BCUT2D eigenvalue weighted by atomic mass is 10.0. The van der Waals surface area contributed by atoms with Gasteiger partial charge in [0, 0.05) is 20.0 Å². The van der Waals surface area contributed by atoms with E-state index in [2.05, 4.69) is 0 Å². The summed E-state index contributed by atoms with van der Waals surface area (Å²) >= 11 is 0. The van der Waals surface area contributed by atoms with Crippen molar-refractivity contribution in [1.29, 1.82) is 0 Å². The Labute approximate surface area is 165 Å². The molecule has 0 atom stereocenters. The molecule has 148 valence electrons. The molecule has 0 aromatic heterocycles. The number of fused-ring (bicyclic) bond motifs is 2. The number of carbonyl (C=O) groups excluding carboxylic acids is 1. The highest BCUT2D eigenvalue weighted by molar-refractivity contribution is 7.89. The smallest absolute Gasteiger partial charge is 0.243 e. The maximum absolute atomic E-state index is 13.3. The molecular weight excluding hydrogens is 376 g/mol. The fourth-order valence-electron chi connectivity index (χ4n) is 3.86. The highest BCUT2D eigenvalue weighted by Crippen LogP contribution is 2.39. The van der Waals surface area contributed by atoms with E-state index >= 15 is 0 Å². The molecule has 4 rings (SSSR count). The molecule has 2 aliphatic heterocycles. The van der Waals surface area contributed by atoms with E-state index in [1.54, 1.807) is 23.1 Å². The van der Waals surface area contributed by atoms with E-state index in [1.165, 1.54) is 16.8 Å². The molecule has 0 saturated heterocycles. The maximum atomic E-state index is 13.3. The second-order valence-corrected chi connectivity index (χ2v) is 9.89. The lowest BCUT2D eigenvalue weighted by Gasteiger charge is -2.39. The molecule has 2 aromatic carbocycles. The predicted octanol–water partition coefficient (Wildman–Crippen LogP) is 2.96. The molecule has 0 bridgehead atoms. The second-order valence-electron chi connectivity index (χ2n) is 7.95. The number of ether oxygens (including phenoxy) is 1. The molecule has 1 amide bonds. The molecule has 0 spiro atoms. The van der Waals surface area contributed by atoms with Gasteiger partial charge in [0.15, 0.2) is 0 Å². The monoisotopic (exact) mass is 400 g/mol. The van der Waals surface area contributed by atoms with Crippen LogP contribution >= 0.6 is 0 Å². The van der Waals surface area contributed by atoms with Crippen LogP contribution in [0, 0.1) is 0 Å². The fourth-order valence-corrected chi connectivity index (χ4v) is 5.30. The summed E-state index contributed by atoms with van der Waals surface area (Å²) in [4.78, 5) is 13.9. The summed E-state index contributed by atoms with van der Waals surface area (Å²) in [7, 11) is -3.68. The van der Waals surface area contributed by atoms with Gasteiger partial charge in [0.25, 0.3) is 0 Å². The molecule has 0 aliphatic carbocycles. The first kappa shape index (κ1) is 19.0. The summed E-state index contributed by atoms with van der Waals surface area (Å²) in [6.45, 7) is 6.46.